The summed E-state index contributed by atoms with van der Waals surface area (Å²) in [7, 11) is 0. The number of rotatable bonds is 3. The number of para-hydroxylation sites is 2. The highest BCUT2D eigenvalue weighted by atomic mass is 16.5. The number of ether oxygens (including phenoxy) is 1. The number of carbonyl (C=O) groups excluding carboxylic acids is 3. The van der Waals surface area contributed by atoms with Crippen LogP contribution in [0.25, 0.3) is 0 Å². The van der Waals surface area contributed by atoms with E-state index in [4.69, 9.17) is 4.74 Å². The van der Waals surface area contributed by atoms with Crippen LogP contribution in [-0.2, 0) is 14.3 Å². The fraction of sp³-hybridized carbons (Fsp3) is 0.167. The predicted octanol–water partition coefficient (Wildman–Crippen LogP) is 1.84. The number of fused-ring (bicyclic) bond motifs is 1. The highest BCUT2D eigenvalue weighted by Crippen LogP contribution is 2.29. The SMILES string of the molecule is Cc1ccc(O)c(C(=O)OCC(=O)N2CC(=O)Nc3ccccc32)c1. The van der Waals surface area contributed by atoms with Gasteiger partial charge in [0.1, 0.15) is 17.9 Å². The van der Waals surface area contributed by atoms with Gasteiger partial charge >= 0.3 is 5.97 Å². The quantitative estimate of drug-likeness (QED) is 0.831. The molecule has 0 bridgehead atoms. The molecular formula is C18H16N2O5. The Morgan fingerprint density at radius 3 is 2.80 bits per heavy atom. The first kappa shape index (κ1) is 16.5. The standard InChI is InChI=1S/C18H16N2O5/c1-11-6-7-15(21)12(8-11)18(24)25-10-17(23)20-9-16(22)19-13-4-2-3-5-14(13)20/h2-8,21H,9-10H2,1H3,(H,19,22). The molecule has 7 heteroatoms. The summed E-state index contributed by atoms with van der Waals surface area (Å²) in [6.45, 7) is 1.08. The normalized spacial score (nSPS) is 13.0. The maximum absolute atomic E-state index is 12.4. The molecule has 2 aromatic carbocycles. The van der Waals surface area contributed by atoms with Gasteiger partial charge in [-0.25, -0.2) is 4.79 Å². The second-order valence-corrected chi connectivity index (χ2v) is 5.64. The molecule has 1 aliphatic heterocycles. The van der Waals surface area contributed by atoms with Crippen molar-refractivity contribution in [2.45, 2.75) is 6.92 Å². The van der Waals surface area contributed by atoms with Crippen molar-refractivity contribution in [2.75, 3.05) is 23.4 Å². The highest BCUT2D eigenvalue weighted by molar-refractivity contribution is 6.10. The number of phenols is 1. The highest BCUT2D eigenvalue weighted by Gasteiger charge is 2.27. The molecule has 0 atom stereocenters. The van der Waals surface area contributed by atoms with Crippen molar-refractivity contribution in [3.63, 3.8) is 0 Å². The predicted molar refractivity (Wildman–Crippen MR) is 90.6 cm³/mol. The number of benzene rings is 2. The Labute approximate surface area is 143 Å². The first-order valence-electron chi connectivity index (χ1n) is 7.61. The number of amides is 2. The summed E-state index contributed by atoms with van der Waals surface area (Å²) in [5, 5.41) is 12.4. The van der Waals surface area contributed by atoms with Crippen molar-refractivity contribution in [3.05, 3.63) is 53.6 Å². The van der Waals surface area contributed by atoms with Gasteiger partial charge in [0.25, 0.3) is 5.91 Å². The molecule has 1 aliphatic rings. The van der Waals surface area contributed by atoms with Gasteiger partial charge in [-0.1, -0.05) is 23.8 Å². The smallest absolute Gasteiger partial charge is 0.342 e. The van der Waals surface area contributed by atoms with Crippen molar-refractivity contribution in [1.82, 2.24) is 0 Å². The maximum Gasteiger partial charge on any atom is 0.342 e. The van der Waals surface area contributed by atoms with E-state index in [1.165, 1.54) is 17.0 Å². The monoisotopic (exact) mass is 340 g/mol. The Kier molecular flexibility index (Phi) is 4.38. The van der Waals surface area contributed by atoms with Gasteiger partial charge in [0.2, 0.25) is 5.91 Å². The molecule has 1 heterocycles. The zero-order valence-corrected chi connectivity index (χ0v) is 13.5. The van der Waals surface area contributed by atoms with E-state index < -0.39 is 18.5 Å². The van der Waals surface area contributed by atoms with Crippen molar-refractivity contribution in [3.8, 4) is 5.75 Å². The Hall–Kier alpha value is -3.35. The zero-order valence-electron chi connectivity index (χ0n) is 13.5. The van der Waals surface area contributed by atoms with E-state index in [1.54, 1.807) is 37.3 Å². The van der Waals surface area contributed by atoms with Crippen LogP contribution in [0.15, 0.2) is 42.5 Å². The molecule has 0 fully saturated rings. The molecule has 3 rings (SSSR count). The minimum Gasteiger partial charge on any atom is -0.507 e. The molecule has 0 spiro atoms. The summed E-state index contributed by atoms with van der Waals surface area (Å²) in [6, 6.07) is 11.4. The molecule has 0 aromatic heterocycles. The van der Waals surface area contributed by atoms with Crippen LogP contribution in [-0.4, -0.2) is 36.0 Å². The van der Waals surface area contributed by atoms with E-state index in [9.17, 15) is 19.5 Å². The summed E-state index contributed by atoms with van der Waals surface area (Å²) in [5.41, 5.74) is 1.83. The van der Waals surface area contributed by atoms with Crippen LogP contribution in [0.3, 0.4) is 0 Å². The van der Waals surface area contributed by atoms with Gasteiger partial charge in [0.15, 0.2) is 6.61 Å². The molecule has 128 valence electrons. The van der Waals surface area contributed by atoms with Crippen LogP contribution in [0.2, 0.25) is 0 Å². The molecule has 0 radical (unpaired) electrons. The largest absolute Gasteiger partial charge is 0.507 e. The van der Waals surface area contributed by atoms with Crippen LogP contribution in [0.5, 0.6) is 5.75 Å². The van der Waals surface area contributed by atoms with Gasteiger partial charge < -0.3 is 15.2 Å². The van der Waals surface area contributed by atoms with Crippen molar-refractivity contribution in [1.29, 1.82) is 0 Å². The Bertz CT molecular complexity index is 862. The van der Waals surface area contributed by atoms with Gasteiger partial charge in [-0.2, -0.15) is 0 Å². The number of nitrogens with zero attached hydrogens (tertiary/aromatic N) is 1. The third kappa shape index (κ3) is 3.45. The topological polar surface area (TPSA) is 95.9 Å². The Morgan fingerprint density at radius 2 is 2.00 bits per heavy atom. The van der Waals surface area contributed by atoms with Crippen LogP contribution in [0.1, 0.15) is 15.9 Å². The molecule has 0 saturated carbocycles. The van der Waals surface area contributed by atoms with E-state index in [2.05, 4.69) is 5.32 Å². The molecule has 7 nitrogen and oxygen atoms in total. The van der Waals surface area contributed by atoms with Crippen LogP contribution < -0.4 is 10.2 Å². The number of hydrogen-bond acceptors (Lipinski definition) is 5. The van der Waals surface area contributed by atoms with Crippen LogP contribution >= 0.6 is 0 Å². The summed E-state index contributed by atoms with van der Waals surface area (Å²) in [4.78, 5) is 37.5. The number of phenolic OH excluding ortho intramolecular Hbond substituents is 1. The van der Waals surface area contributed by atoms with Crippen molar-refractivity contribution >= 4 is 29.2 Å². The van der Waals surface area contributed by atoms with E-state index in [0.717, 1.165) is 5.56 Å². The van der Waals surface area contributed by atoms with Crippen LogP contribution in [0.4, 0.5) is 11.4 Å². The molecule has 0 aliphatic carbocycles. The van der Waals surface area contributed by atoms with Gasteiger partial charge in [-0.15, -0.1) is 0 Å². The number of carbonyl (C=O) groups is 3. The first-order valence-corrected chi connectivity index (χ1v) is 7.61. The Morgan fingerprint density at radius 1 is 1.24 bits per heavy atom. The lowest BCUT2D eigenvalue weighted by Gasteiger charge is -2.28. The van der Waals surface area contributed by atoms with E-state index in [0.29, 0.717) is 11.4 Å². The third-order valence-corrected chi connectivity index (χ3v) is 3.77. The minimum atomic E-state index is -0.802. The number of hydrogen-bond donors (Lipinski definition) is 2. The molecule has 25 heavy (non-hydrogen) atoms. The van der Waals surface area contributed by atoms with Gasteiger partial charge in [0, 0.05) is 0 Å². The summed E-state index contributed by atoms with van der Waals surface area (Å²) in [6.07, 6.45) is 0. The van der Waals surface area contributed by atoms with Crippen molar-refractivity contribution in [2.24, 2.45) is 0 Å². The number of esters is 1. The third-order valence-electron chi connectivity index (χ3n) is 3.77. The lowest BCUT2D eigenvalue weighted by molar-refractivity contribution is -0.124. The Balaban J connectivity index is 1.72. The summed E-state index contributed by atoms with van der Waals surface area (Å²) >= 11 is 0. The van der Waals surface area contributed by atoms with E-state index >= 15 is 0 Å². The van der Waals surface area contributed by atoms with E-state index in [-0.39, 0.29) is 23.8 Å². The van der Waals surface area contributed by atoms with Crippen LogP contribution in [0, 0.1) is 6.92 Å². The van der Waals surface area contributed by atoms with Gasteiger partial charge in [-0.3, -0.25) is 14.5 Å². The average molecular weight is 340 g/mol. The lowest BCUT2D eigenvalue weighted by atomic mass is 10.1. The second kappa shape index (κ2) is 6.64. The molecule has 2 aromatic rings. The number of nitrogens with one attached hydrogen (secondary N) is 1. The summed E-state index contributed by atoms with van der Waals surface area (Å²) < 4.78 is 5.01. The summed E-state index contributed by atoms with van der Waals surface area (Å²) in [5.74, 6) is -1.87. The van der Waals surface area contributed by atoms with Gasteiger partial charge in [0.05, 0.1) is 11.4 Å². The lowest BCUT2D eigenvalue weighted by Crippen LogP contribution is -2.44. The second-order valence-electron chi connectivity index (χ2n) is 5.64. The van der Waals surface area contributed by atoms with Crippen molar-refractivity contribution < 1.29 is 24.2 Å². The molecular weight excluding hydrogens is 324 g/mol. The fourth-order valence-electron chi connectivity index (χ4n) is 2.55. The minimum absolute atomic E-state index is 0.00964. The molecule has 0 unspecified atom stereocenters. The fourth-order valence-corrected chi connectivity index (χ4v) is 2.55. The molecule has 2 N–H and O–H groups in total. The molecule has 2 amide bonds. The first-order chi connectivity index (χ1) is 12.0. The number of aryl methyl sites for hydroxylation is 1. The number of anilines is 2. The average Bonchev–Trinajstić information content (AvgIpc) is 2.60. The van der Waals surface area contributed by atoms with Gasteiger partial charge in [-0.05, 0) is 31.2 Å². The van der Waals surface area contributed by atoms with E-state index in [1.807, 2.05) is 0 Å². The zero-order chi connectivity index (χ0) is 18.0. The maximum atomic E-state index is 12.4. The molecule has 0 saturated heterocycles. The number of aromatic hydroxyl groups is 1.